The van der Waals surface area contributed by atoms with E-state index in [0.717, 1.165) is 16.7 Å². The third-order valence-electron chi connectivity index (χ3n) is 2.34. The summed E-state index contributed by atoms with van der Waals surface area (Å²) in [6, 6.07) is 7.39. The molecule has 15 heavy (non-hydrogen) atoms. The molecular weight excluding hydrogens is 192 g/mol. The van der Waals surface area contributed by atoms with Crippen LogP contribution in [0.2, 0.25) is 0 Å². The summed E-state index contributed by atoms with van der Waals surface area (Å²) in [5.41, 5.74) is -0.240. The molecule has 0 amide bonds. The van der Waals surface area contributed by atoms with E-state index in [9.17, 15) is 5.11 Å². The summed E-state index contributed by atoms with van der Waals surface area (Å²) in [7, 11) is 1.62. The van der Waals surface area contributed by atoms with Crippen molar-refractivity contribution in [3.05, 3.63) is 30.0 Å². The molecule has 0 aliphatic carbocycles. The molecule has 1 N–H and O–H groups in total. The number of aliphatic hydroxyl groups is 1. The highest BCUT2D eigenvalue weighted by Gasteiger charge is 2.21. The van der Waals surface area contributed by atoms with Crippen LogP contribution in [0.1, 0.15) is 19.6 Å². The number of benzene rings is 1. The van der Waals surface area contributed by atoms with E-state index >= 15 is 0 Å². The minimum Gasteiger partial charge on any atom is -0.496 e. The van der Waals surface area contributed by atoms with Crippen LogP contribution in [0, 0.1) is 0 Å². The molecule has 0 bridgehead atoms. The third-order valence-corrected chi connectivity index (χ3v) is 2.34. The Balaban J connectivity index is 2.65. The van der Waals surface area contributed by atoms with E-state index in [-0.39, 0.29) is 0 Å². The van der Waals surface area contributed by atoms with E-state index in [2.05, 4.69) is 0 Å². The Morgan fingerprint density at radius 1 is 1.33 bits per heavy atom. The van der Waals surface area contributed by atoms with Crippen molar-refractivity contribution in [1.29, 1.82) is 0 Å². The van der Waals surface area contributed by atoms with Gasteiger partial charge in [-0.05, 0) is 32.0 Å². The number of ether oxygens (including phenoxy) is 1. The van der Waals surface area contributed by atoms with E-state index in [1.54, 1.807) is 21.0 Å². The Labute approximate surface area is 88.3 Å². The average molecular weight is 206 g/mol. The van der Waals surface area contributed by atoms with Gasteiger partial charge in [0.2, 0.25) is 0 Å². The van der Waals surface area contributed by atoms with Crippen LogP contribution in [-0.2, 0) is 5.60 Å². The van der Waals surface area contributed by atoms with Crippen molar-refractivity contribution in [2.24, 2.45) is 0 Å². The summed E-state index contributed by atoms with van der Waals surface area (Å²) in [5.74, 6) is 1.30. The van der Waals surface area contributed by atoms with Crippen LogP contribution in [0.25, 0.3) is 11.0 Å². The number of fused-ring (bicyclic) bond motifs is 1. The quantitative estimate of drug-likeness (QED) is 0.821. The van der Waals surface area contributed by atoms with Gasteiger partial charge < -0.3 is 14.3 Å². The van der Waals surface area contributed by atoms with Crippen LogP contribution < -0.4 is 4.74 Å². The van der Waals surface area contributed by atoms with Crippen LogP contribution in [-0.4, -0.2) is 12.2 Å². The zero-order valence-corrected chi connectivity index (χ0v) is 9.07. The van der Waals surface area contributed by atoms with Crippen molar-refractivity contribution in [2.75, 3.05) is 7.11 Å². The van der Waals surface area contributed by atoms with E-state index in [1.165, 1.54) is 0 Å². The number of hydrogen-bond acceptors (Lipinski definition) is 3. The Morgan fingerprint density at radius 3 is 2.67 bits per heavy atom. The van der Waals surface area contributed by atoms with Gasteiger partial charge in [0.1, 0.15) is 22.7 Å². The van der Waals surface area contributed by atoms with E-state index in [1.807, 2.05) is 24.3 Å². The van der Waals surface area contributed by atoms with Gasteiger partial charge in [-0.1, -0.05) is 6.07 Å². The summed E-state index contributed by atoms with van der Waals surface area (Å²) in [5, 5.41) is 10.7. The van der Waals surface area contributed by atoms with Gasteiger partial charge in [-0.3, -0.25) is 0 Å². The smallest absolute Gasteiger partial charge is 0.138 e. The first-order chi connectivity index (χ1) is 7.02. The molecule has 0 saturated carbocycles. The first-order valence-corrected chi connectivity index (χ1v) is 4.82. The van der Waals surface area contributed by atoms with Crippen molar-refractivity contribution in [3.63, 3.8) is 0 Å². The molecule has 0 aliphatic rings. The summed E-state index contributed by atoms with van der Waals surface area (Å²) in [4.78, 5) is 0. The van der Waals surface area contributed by atoms with Gasteiger partial charge in [-0.2, -0.15) is 0 Å². The standard InChI is InChI=1S/C12H14O3/c1-12(2,13)11-7-8-9(14-3)5-4-6-10(8)15-11/h4-7,13H,1-3H3. The first-order valence-electron chi connectivity index (χ1n) is 4.82. The van der Waals surface area contributed by atoms with Crippen molar-refractivity contribution >= 4 is 11.0 Å². The molecule has 0 aliphatic heterocycles. The molecule has 0 saturated heterocycles. The Kier molecular flexibility index (Phi) is 2.20. The van der Waals surface area contributed by atoms with Gasteiger partial charge in [0.15, 0.2) is 0 Å². The third kappa shape index (κ3) is 1.70. The number of furan rings is 1. The van der Waals surface area contributed by atoms with Crippen LogP contribution in [0.15, 0.2) is 28.7 Å². The topological polar surface area (TPSA) is 42.6 Å². The van der Waals surface area contributed by atoms with Gasteiger partial charge in [0, 0.05) is 0 Å². The molecule has 1 heterocycles. The Hall–Kier alpha value is -1.48. The van der Waals surface area contributed by atoms with Crippen molar-refractivity contribution < 1.29 is 14.3 Å². The SMILES string of the molecule is COc1cccc2oc(C(C)(C)O)cc12. The van der Waals surface area contributed by atoms with E-state index in [0.29, 0.717) is 5.76 Å². The van der Waals surface area contributed by atoms with Gasteiger partial charge in [0.25, 0.3) is 0 Å². The molecule has 3 heteroatoms. The molecule has 1 aromatic carbocycles. The lowest BCUT2D eigenvalue weighted by molar-refractivity contribution is 0.0559. The lowest BCUT2D eigenvalue weighted by Crippen LogP contribution is -2.13. The lowest BCUT2D eigenvalue weighted by Gasteiger charge is -2.12. The van der Waals surface area contributed by atoms with Crippen LogP contribution in [0.4, 0.5) is 0 Å². The Bertz CT molecular complexity index is 477. The first kappa shape index (κ1) is 10.1. The van der Waals surface area contributed by atoms with Crippen LogP contribution >= 0.6 is 0 Å². The minimum atomic E-state index is -0.968. The van der Waals surface area contributed by atoms with Crippen molar-refractivity contribution in [3.8, 4) is 5.75 Å². The second-order valence-corrected chi connectivity index (χ2v) is 4.04. The lowest BCUT2D eigenvalue weighted by atomic mass is 10.1. The molecule has 0 radical (unpaired) electrons. The zero-order chi connectivity index (χ0) is 11.1. The minimum absolute atomic E-state index is 0.544. The fraction of sp³-hybridized carbons (Fsp3) is 0.333. The highest BCUT2D eigenvalue weighted by Crippen LogP contribution is 2.32. The average Bonchev–Trinajstić information content (AvgIpc) is 2.59. The molecule has 0 fully saturated rings. The predicted octanol–water partition coefficient (Wildman–Crippen LogP) is 2.67. The van der Waals surface area contributed by atoms with E-state index < -0.39 is 5.60 Å². The van der Waals surface area contributed by atoms with Gasteiger partial charge in [0.05, 0.1) is 12.5 Å². The largest absolute Gasteiger partial charge is 0.496 e. The maximum Gasteiger partial charge on any atom is 0.138 e. The summed E-state index contributed by atoms with van der Waals surface area (Å²) >= 11 is 0. The van der Waals surface area contributed by atoms with Crippen LogP contribution in [0.5, 0.6) is 5.75 Å². The predicted molar refractivity (Wildman–Crippen MR) is 58.0 cm³/mol. The monoisotopic (exact) mass is 206 g/mol. The maximum absolute atomic E-state index is 9.82. The molecule has 3 nitrogen and oxygen atoms in total. The van der Waals surface area contributed by atoms with Gasteiger partial charge in [-0.25, -0.2) is 0 Å². The van der Waals surface area contributed by atoms with Crippen molar-refractivity contribution in [2.45, 2.75) is 19.4 Å². The molecule has 0 unspecified atom stereocenters. The highest BCUT2D eigenvalue weighted by molar-refractivity contribution is 5.84. The zero-order valence-electron chi connectivity index (χ0n) is 9.07. The molecule has 0 spiro atoms. The molecule has 2 rings (SSSR count). The summed E-state index contributed by atoms with van der Waals surface area (Å²) < 4.78 is 10.8. The molecule has 0 atom stereocenters. The molecular formula is C12H14O3. The summed E-state index contributed by atoms with van der Waals surface area (Å²) in [6.45, 7) is 3.38. The van der Waals surface area contributed by atoms with Gasteiger partial charge >= 0.3 is 0 Å². The number of hydrogen-bond donors (Lipinski definition) is 1. The number of rotatable bonds is 2. The van der Waals surface area contributed by atoms with E-state index in [4.69, 9.17) is 9.15 Å². The molecule has 1 aromatic heterocycles. The number of methoxy groups -OCH3 is 1. The molecule has 2 aromatic rings. The van der Waals surface area contributed by atoms with Gasteiger partial charge in [-0.15, -0.1) is 0 Å². The van der Waals surface area contributed by atoms with Crippen molar-refractivity contribution in [1.82, 2.24) is 0 Å². The highest BCUT2D eigenvalue weighted by atomic mass is 16.5. The molecule has 80 valence electrons. The fourth-order valence-electron chi connectivity index (χ4n) is 1.51. The Morgan fingerprint density at radius 2 is 2.07 bits per heavy atom. The normalized spacial score (nSPS) is 12.0. The fourth-order valence-corrected chi connectivity index (χ4v) is 1.51. The maximum atomic E-state index is 9.82. The van der Waals surface area contributed by atoms with Crippen LogP contribution in [0.3, 0.4) is 0 Å². The second kappa shape index (κ2) is 3.28. The summed E-state index contributed by atoms with van der Waals surface area (Å²) in [6.07, 6.45) is 0. The second-order valence-electron chi connectivity index (χ2n) is 4.04.